The molecule has 0 aliphatic rings. The molecule has 25 heavy (non-hydrogen) atoms. The topological polar surface area (TPSA) is 103 Å². The molecule has 8 heteroatoms. The SMILES string of the molecule is COc1ccc(NC(=O)C(C)Nc2ccccc2OC)c([N+](=O)[O-])c1. The molecular formula is C17H19N3O5. The molecule has 0 heterocycles. The van der Waals surface area contributed by atoms with E-state index in [-0.39, 0.29) is 11.4 Å². The first-order chi connectivity index (χ1) is 12.0. The smallest absolute Gasteiger partial charge is 0.296 e. The van der Waals surface area contributed by atoms with E-state index in [2.05, 4.69) is 10.6 Å². The van der Waals surface area contributed by atoms with Gasteiger partial charge in [-0.3, -0.25) is 14.9 Å². The molecule has 2 aromatic carbocycles. The summed E-state index contributed by atoms with van der Waals surface area (Å²) in [5.74, 6) is 0.515. The minimum atomic E-state index is -0.641. The highest BCUT2D eigenvalue weighted by Crippen LogP contribution is 2.29. The van der Waals surface area contributed by atoms with Crippen molar-refractivity contribution < 1.29 is 19.2 Å². The van der Waals surface area contributed by atoms with Crippen molar-refractivity contribution in [1.82, 2.24) is 0 Å². The van der Waals surface area contributed by atoms with E-state index in [0.29, 0.717) is 17.2 Å². The fourth-order valence-electron chi connectivity index (χ4n) is 2.20. The van der Waals surface area contributed by atoms with Crippen LogP contribution in [0, 0.1) is 10.1 Å². The summed E-state index contributed by atoms with van der Waals surface area (Å²) in [6.45, 7) is 1.65. The molecule has 8 nitrogen and oxygen atoms in total. The Kier molecular flexibility index (Phi) is 5.78. The minimum absolute atomic E-state index is 0.101. The first-order valence-corrected chi connectivity index (χ1v) is 7.49. The number of carbonyl (C=O) groups excluding carboxylic acids is 1. The van der Waals surface area contributed by atoms with E-state index in [1.165, 1.54) is 26.4 Å². The van der Waals surface area contributed by atoms with Crippen LogP contribution in [0.15, 0.2) is 42.5 Å². The fourth-order valence-corrected chi connectivity index (χ4v) is 2.20. The maximum Gasteiger partial charge on any atom is 0.296 e. The number of amides is 1. The van der Waals surface area contributed by atoms with Crippen LogP contribution in [0.3, 0.4) is 0 Å². The summed E-state index contributed by atoms with van der Waals surface area (Å²) in [6.07, 6.45) is 0. The van der Waals surface area contributed by atoms with Gasteiger partial charge in [-0.05, 0) is 31.2 Å². The van der Waals surface area contributed by atoms with Crippen molar-refractivity contribution in [3.05, 3.63) is 52.6 Å². The van der Waals surface area contributed by atoms with E-state index in [1.54, 1.807) is 25.1 Å². The average Bonchev–Trinajstić information content (AvgIpc) is 2.62. The van der Waals surface area contributed by atoms with Crippen LogP contribution >= 0.6 is 0 Å². The van der Waals surface area contributed by atoms with Crippen molar-refractivity contribution in [2.45, 2.75) is 13.0 Å². The largest absolute Gasteiger partial charge is 0.496 e. The van der Waals surface area contributed by atoms with Crippen LogP contribution in [-0.4, -0.2) is 31.1 Å². The number of benzene rings is 2. The molecule has 2 aromatic rings. The second kappa shape index (κ2) is 8.00. The molecule has 0 saturated heterocycles. The minimum Gasteiger partial charge on any atom is -0.496 e. The van der Waals surface area contributed by atoms with Crippen LogP contribution in [0.1, 0.15) is 6.92 Å². The Hall–Kier alpha value is -3.29. The Balaban J connectivity index is 2.15. The van der Waals surface area contributed by atoms with Gasteiger partial charge in [0.2, 0.25) is 5.91 Å². The second-order valence-corrected chi connectivity index (χ2v) is 5.20. The molecule has 0 aliphatic carbocycles. The van der Waals surface area contributed by atoms with Crippen molar-refractivity contribution in [2.24, 2.45) is 0 Å². The molecule has 2 rings (SSSR count). The van der Waals surface area contributed by atoms with Crippen molar-refractivity contribution in [1.29, 1.82) is 0 Å². The third-order valence-electron chi connectivity index (χ3n) is 3.53. The van der Waals surface area contributed by atoms with Crippen LogP contribution in [0.5, 0.6) is 11.5 Å². The molecule has 132 valence electrons. The molecule has 0 fully saturated rings. The first kappa shape index (κ1) is 18.1. The van der Waals surface area contributed by atoms with Gasteiger partial charge in [0.15, 0.2) is 0 Å². The number of nitrogens with zero attached hydrogens (tertiary/aromatic N) is 1. The van der Waals surface area contributed by atoms with Gasteiger partial charge >= 0.3 is 0 Å². The van der Waals surface area contributed by atoms with Gasteiger partial charge < -0.3 is 20.1 Å². The van der Waals surface area contributed by atoms with Gasteiger partial charge in [0.1, 0.15) is 23.2 Å². The number of rotatable bonds is 7. The Morgan fingerprint density at radius 1 is 1.12 bits per heavy atom. The van der Waals surface area contributed by atoms with Gasteiger partial charge in [0.25, 0.3) is 5.69 Å². The van der Waals surface area contributed by atoms with Gasteiger partial charge in [-0.25, -0.2) is 0 Å². The number of hydrogen-bond acceptors (Lipinski definition) is 6. The average molecular weight is 345 g/mol. The summed E-state index contributed by atoms with van der Waals surface area (Å²) in [6, 6.07) is 10.8. The number of ether oxygens (including phenoxy) is 2. The zero-order valence-electron chi connectivity index (χ0n) is 14.1. The lowest BCUT2D eigenvalue weighted by Gasteiger charge is -2.17. The lowest BCUT2D eigenvalue weighted by molar-refractivity contribution is -0.384. The van der Waals surface area contributed by atoms with Crippen LogP contribution in [0.2, 0.25) is 0 Å². The number of methoxy groups -OCH3 is 2. The Morgan fingerprint density at radius 2 is 1.84 bits per heavy atom. The Bertz CT molecular complexity index is 779. The molecule has 0 radical (unpaired) electrons. The quantitative estimate of drug-likeness (QED) is 0.590. The van der Waals surface area contributed by atoms with E-state index in [9.17, 15) is 14.9 Å². The number of carbonyl (C=O) groups is 1. The summed E-state index contributed by atoms with van der Waals surface area (Å²) in [5.41, 5.74) is 0.513. The van der Waals surface area contributed by atoms with Crippen LogP contribution < -0.4 is 20.1 Å². The highest BCUT2D eigenvalue weighted by molar-refractivity contribution is 5.98. The van der Waals surface area contributed by atoms with E-state index in [1.807, 2.05) is 12.1 Å². The number of nitro groups is 1. The second-order valence-electron chi connectivity index (χ2n) is 5.20. The maximum atomic E-state index is 12.4. The van der Waals surface area contributed by atoms with Gasteiger partial charge in [0, 0.05) is 0 Å². The molecule has 0 saturated carbocycles. The molecule has 1 unspecified atom stereocenters. The molecule has 0 aliphatic heterocycles. The molecule has 0 bridgehead atoms. The van der Waals surface area contributed by atoms with E-state index in [4.69, 9.17) is 9.47 Å². The zero-order valence-corrected chi connectivity index (χ0v) is 14.1. The number of anilines is 2. The first-order valence-electron chi connectivity index (χ1n) is 7.49. The van der Waals surface area contributed by atoms with Gasteiger partial charge in [-0.2, -0.15) is 0 Å². The van der Waals surface area contributed by atoms with Crippen molar-refractivity contribution >= 4 is 23.0 Å². The van der Waals surface area contributed by atoms with Crippen molar-refractivity contribution in [3.63, 3.8) is 0 Å². The molecule has 1 atom stereocenters. The summed E-state index contributed by atoms with van der Waals surface area (Å²) >= 11 is 0. The number of hydrogen-bond donors (Lipinski definition) is 2. The van der Waals surface area contributed by atoms with Gasteiger partial charge in [0.05, 0.1) is 30.9 Å². The monoisotopic (exact) mass is 345 g/mol. The maximum absolute atomic E-state index is 12.4. The van der Waals surface area contributed by atoms with E-state index in [0.717, 1.165) is 0 Å². The summed E-state index contributed by atoms with van der Waals surface area (Å²) < 4.78 is 10.2. The predicted molar refractivity (Wildman–Crippen MR) is 94.4 cm³/mol. The summed E-state index contributed by atoms with van der Waals surface area (Å²) in [7, 11) is 2.95. The standard InChI is InChI=1S/C17H19N3O5/c1-11(18-14-6-4-5-7-16(14)25-3)17(21)19-13-9-8-12(24-2)10-15(13)20(22)23/h4-11,18H,1-3H3,(H,19,21). The van der Waals surface area contributed by atoms with Gasteiger partial charge in [-0.1, -0.05) is 12.1 Å². The fraction of sp³-hybridized carbons (Fsp3) is 0.235. The molecular weight excluding hydrogens is 326 g/mol. The van der Waals surface area contributed by atoms with Crippen LogP contribution in [0.25, 0.3) is 0 Å². The third kappa shape index (κ3) is 4.37. The van der Waals surface area contributed by atoms with Gasteiger partial charge in [-0.15, -0.1) is 0 Å². The number of nitrogens with one attached hydrogen (secondary N) is 2. The molecule has 0 aromatic heterocycles. The molecule has 0 spiro atoms. The van der Waals surface area contributed by atoms with Crippen LogP contribution in [0.4, 0.5) is 17.1 Å². The van der Waals surface area contributed by atoms with E-state index < -0.39 is 16.9 Å². The molecule has 2 N–H and O–H groups in total. The number of nitro benzene ring substituents is 1. The molecule has 1 amide bonds. The normalized spacial score (nSPS) is 11.3. The zero-order chi connectivity index (χ0) is 18.4. The highest BCUT2D eigenvalue weighted by atomic mass is 16.6. The lowest BCUT2D eigenvalue weighted by atomic mass is 10.2. The Morgan fingerprint density at radius 3 is 2.48 bits per heavy atom. The van der Waals surface area contributed by atoms with Crippen molar-refractivity contribution in [2.75, 3.05) is 24.9 Å². The Labute approximate surface area is 144 Å². The predicted octanol–water partition coefficient (Wildman–Crippen LogP) is 3.05. The summed E-state index contributed by atoms with van der Waals surface area (Å²) in [4.78, 5) is 23.0. The number of para-hydroxylation sites is 2. The third-order valence-corrected chi connectivity index (χ3v) is 3.53. The van der Waals surface area contributed by atoms with Crippen molar-refractivity contribution in [3.8, 4) is 11.5 Å². The van der Waals surface area contributed by atoms with Crippen LogP contribution in [-0.2, 0) is 4.79 Å². The lowest BCUT2D eigenvalue weighted by Crippen LogP contribution is -2.32. The summed E-state index contributed by atoms with van der Waals surface area (Å²) in [5, 5.41) is 16.8. The highest BCUT2D eigenvalue weighted by Gasteiger charge is 2.20. The van der Waals surface area contributed by atoms with E-state index >= 15 is 0 Å².